The number of carbonyl (C=O) groups is 2. The van der Waals surface area contributed by atoms with Crippen LogP contribution in [0.5, 0.6) is 0 Å². The maximum absolute atomic E-state index is 12.3. The zero-order chi connectivity index (χ0) is 14.9. The van der Waals surface area contributed by atoms with Crippen LogP contribution in [0.25, 0.3) is 0 Å². The highest BCUT2D eigenvalue weighted by Gasteiger charge is 2.41. The Hall–Kier alpha value is -1.30. The summed E-state index contributed by atoms with van der Waals surface area (Å²) in [5.74, 6) is -1.06. The molecule has 2 fully saturated rings. The summed E-state index contributed by atoms with van der Waals surface area (Å²) in [5.41, 5.74) is 0.0327. The quantitative estimate of drug-likeness (QED) is 0.710. The first-order chi connectivity index (χ1) is 9.31. The number of aliphatic hydroxyl groups is 1. The van der Waals surface area contributed by atoms with Crippen molar-refractivity contribution in [1.29, 1.82) is 0 Å². The van der Waals surface area contributed by atoms with Crippen molar-refractivity contribution in [3.05, 3.63) is 0 Å². The third-order valence-electron chi connectivity index (χ3n) is 4.63. The average Bonchev–Trinajstić information content (AvgIpc) is 2.74. The summed E-state index contributed by atoms with van der Waals surface area (Å²) >= 11 is 0. The van der Waals surface area contributed by atoms with Gasteiger partial charge in [0.15, 0.2) is 0 Å². The average molecular weight is 284 g/mol. The van der Waals surface area contributed by atoms with Gasteiger partial charge in [0.1, 0.15) is 6.04 Å². The molecule has 0 radical (unpaired) electrons. The summed E-state index contributed by atoms with van der Waals surface area (Å²) in [6.45, 7) is 4.35. The second-order valence-electron chi connectivity index (χ2n) is 6.63. The summed E-state index contributed by atoms with van der Waals surface area (Å²) in [7, 11) is 0. The number of amides is 2. The minimum absolute atomic E-state index is 0.0327. The Morgan fingerprint density at radius 1 is 1.30 bits per heavy atom. The lowest BCUT2D eigenvalue weighted by atomic mass is 9.73. The van der Waals surface area contributed by atoms with Crippen LogP contribution in [0.15, 0.2) is 0 Å². The fourth-order valence-electron chi connectivity index (χ4n) is 3.27. The van der Waals surface area contributed by atoms with Gasteiger partial charge in [0.25, 0.3) is 0 Å². The van der Waals surface area contributed by atoms with Crippen molar-refractivity contribution in [3.8, 4) is 0 Å². The normalized spacial score (nSPS) is 33.0. The van der Waals surface area contributed by atoms with Gasteiger partial charge in [-0.05, 0) is 18.3 Å². The topological polar surface area (TPSA) is 89.9 Å². The highest BCUT2D eigenvalue weighted by molar-refractivity contribution is 5.83. The number of likely N-dealkylation sites (tertiary alicyclic amines) is 1. The van der Waals surface area contributed by atoms with E-state index in [1.54, 1.807) is 0 Å². The highest BCUT2D eigenvalue weighted by Crippen LogP contribution is 2.35. The van der Waals surface area contributed by atoms with Gasteiger partial charge in [-0.25, -0.2) is 9.59 Å². The van der Waals surface area contributed by atoms with E-state index in [0.717, 1.165) is 19.3 Å². The Bertz CT molecular complexity index is 397. The molecule has 0 aromatic heterocycles. The number of rotatable bonds is 2. The molecule has 1 heterocycles. The van der Waals surface area contributed by atoms with Gasteiger partial charge < -0.3 is 20.4 Å². The van der Waals surface area contributed by atoms with E-state index in [4.69, 9.17) is 5.11 Å². The van der Waals surface area contributed by atoms with E-state index in [1.807, 2.05) is 0 Å². The highest BCUT2D eigenvalue weighted by atomic mass is 16.4. The SMILES string of the molecule is CC1(C)CCCCC1NC(=O)N1C[C@H](O)C[C@H]1C(=O)O. The molecule has 0 aromatic rings. The maximum Gasteiger partial charge on any atom is 0.326 e. The van der Waals surface area contributed by atoms with Crippen molar-refractivity contribution < 1.29 is 19.8 Å². The molecule has 0 bridgehead atoms. The van der Waals surface area contributed by atoms with Crippen LogP contribution in [0.2, 0.25) is 0 Å². The molecule has 2 rings (SSSR count). The number of urea groups is 1. The van der Waals surface area contributed by atoms with Crippen molar-refractivity contribution >= 4 is 12.0 Å². The van der Waals surface area contributed by atoms with E-state index in [9.17, 15) is 14.7 Å². The van der Waals surface area contributed by atoms with E-state index in [2.05, 4.69) is 19.2 Å². The number of aliphatic carboxylic acids is 1. The summed E-state index contributed by atoms with van der Waals surface area (Å²) < 4.78 is 0. The van der Waals surface area contributed by atoms with Crippen LogP contribution in [0, 0.1) is 5.41 Å². The Kier molecular flexibility index (Phi) is 4.22. The number of β-amino-alcohol motifs (C(OH)–C–C–N with tert-alkyl or cyclic N) is 1. The van der Waals surface area contributed by atoms with Crippen molar-refractivity contribution in [1.82, 2.24) is 10.2 Å². The van der Waals surface area contributed by atoms with Crippen LogP contribution >= 0.6 is 0 Å². The molecule has 1 aliphatic carbocycles. The number of nitrogens with zero attached hydrogens (tertiary/aromatic N) is 1. The standard InChI is InChI=1S/C14H24N2O4/c1-14(2)6-4-3-5-11(14)15-13(20)16-8-9(17)7-10(16)12(18)19/h9-11,17H,3-8H2,1-2H3,(H,15,20)(H,18,19)/t9-,10+,11?/m1/s1. The number of carbonyl (C=O) groups excluding carboxylic acids is 1. The second kappa shape index (κ2) is 5.60. The van der Waals surface area contributed by atoms with E-state index in [-0.39, 0.29) is 30.5 Å². The third kappa shape index (κ3) is 3.06. The van der Waals surface area contributed by atoms with Crippen molar-refractivity contribution in [3.63, 3.8) is 0 Å². The van der Waals surface area contributed by atoms with E-state index < -0.39 is 18.1 Å². The van der Waals surface area contributed by atoms with Crippen LogP contribution < -0.4 is 5.32 Å². The van der Waals surface area contributed by atoms with Crippen molar-refractivity contribution in [2.45, 2.75) is 64.1 Å². The molecule has 1 saturated carbocycles. The smallest absolute Gasteiger partial charge is 0.326 e. The van der Waals surface area contributed by atoms with Gasteiger partial charge in [-0.15, -0.1) is 0 Å². The molecule has 20 heavy (non-hydrogen) atoms. The molecule has 3 atom stereocenters. The molecule has 3 N–H and O–H groups in total. The molecule has 2 amide bonds. The Morgan fingerprint density at radius 3 is 2.60 bits per heavy atom. The van der Waals surface area contributed by atoms with Crippen LogP contribution in [0.1, 0.15) is 46.0 Å². The molecule has 0 spiro atoms. The number of nitrogens with one attached hydrogen (secondary N) is 1. The molecular weight excluding hydrogens is 260 g/mol. The molecule has 2 aliphatic rings. The van der Waals surface area contributed by atoms with Crippen molar-refractivity contribution in [2.24, 2.45) is 5.41 Å². The lowest BCUT2D eigenvalue weighted by Gasteiger charge is -2.40. The van der Waals surface area contributed by atoms with Crippen LogP contribution in [-0.2, 0) is 4.79 Å². The number of hydrogen-bond acceptors (Lipinski definition) is 3. The molecule has 6 nitrogen and oxygen atoms in total. The number of aliphatic hydroxyl groups excluding tert-OH is 1. The summed E-state index contributed by atoms with van der Waals surface area (Å²) in [6, 6.07) is -1.22. The van der Waals surface area contributed by atoms with E-state index in [1.165, 1.54) is 11.3 Å². The molecular formula is C14H24N2O4. The summed E-state index contributed by atoms with van der Waals surface area (Å²) in [4.78, 5) is 24.7. The number of carboxylic acid groups (broad SMARTS) is 1. The molecule has 0 aromatic carbocycles. The minimum atomic E-state index is -1.06. The van der Waals surface area contributed by atoms with Crippen LogP contribution in [0.3, 0.4) is 0 Å². The second-order valence-corrected chi connectivity index (χ2v) is 6.63. The molecule has 114 valence electrons. The lowest BCUT2D eigenvalue weighted by Crippen LogP contribution is -2.53. The Morgan fingerprint density at radius 2 is 2.00 bits per heavy atom. The van der Waals surface area contributed by atoms with Gasteiger partial charge in [0.2, 0.25) is 0 Å². The fraction of sp³-hybridized carbons (Fsp3) is 0.857. The lowest BCUT2D eigenvalue weighted by molar-refractivity contribution is -0.141. The number of hydrogen-bond donors (Lipinski definition) is 3. The van der Waals surface area contributed by atoms with Crippen LogP contribution in [-0.4, -0.2) is 51.8 Å². The van der Waals surface area contributed by atoms with Gasteiger partial charge in [-0.1, -0.05) is 26.7 Å². The van der Waals surface area contributed by atoms with Gasteiger partial charge >= 0.3 is 12.0 Å². The number of carboxylic acids is 1. The first kappa shape index (κ1) is 15.1. The first-order valence-corrected chi connectivity index (χ1v) is 7.29. The largest absolute Gasteiger partial charge is 0.480 e. The predicted octanol–water partition coefficient (Wildman–Crippen LogP) is 1.18. The molecule has 1 saturated heterocycles. The first-order valence-electron chi connectivity index (χ1n) is 7.29. The molecule has 1 unspecified atom stereocenters. The zero-order valence-electron chi connectivity index (χ0n) is 12.1. The Labute approximate surface area is 119 Å². The van der Waals surface area contributed by atoms with Crippen molar-refractivity contribution in [2.75, 3.05) is 6.54 Å². The third-order valence-corrected chi connectivity index (χ3v) is 4.63. The van der Waals surface area contributed by atoms with E-state index >= 15 is 0 Å². The summed E-state index contributed by atoms with van der Waals surface area (Å²) in [6.07, 6.45) is 3.59. The van der Waals surface area contributed by atoms with Gasteiger partial charge in [0.05, 0.1) is 6.10 Å². The maximum atomic E-state index is 12.3. The van der Waals surface area contributed by atoms with Gasteiger partial charge in [-0.3, -0.25) is 0 Å². The monoisotopic (exact) mass is 284 g/mol. The summed E-state index contributed by atoms with van der Waals surface area (Å²) in [5, 5.41) is 21.7. The minimum Gasteiger partial charge on any atom is -0.480 e. The van der Waals surface area contributed by atoms with Gasteiger partial charge in [-0.2, -0.15) is 0 Å². The predicted molar refractivity (Wildman–Crippen MR) is 73.3 cm³/mol. The zero-order valence-corrected chi connectivity index (χ0v) is 12.1. The Balaban J connectivity index is 2.02. The van der Waals surface area contributed by atoms with Crippen LogP contribution in [0.4, 0.5) is 4.79 Å². The molecule has 6 heteroatoms. The van der Waals surface area contributed by atoms with E-state index in [0.29, 0.717) is 0 Å². The molecule has 1 aliphatic heterocycles. The fourth-order valence-corrected chi connectivity index (χ4v) is 3.27. The van der Waals surface area contributed by atoms with Gasteiger partial charge in [0, 0.05) is 19.0 Å².